The summed E-state index contributed by atoms with van der Waals surface area (Å²) in [4.78, 5) is 28.0. The van der Waals surface area contributed by atoms with Gasteiger partial charge in [-0.15, -0.1) is 0 Å². The Hall–Kier alpha value is -0.480. The van der Waals surface area contributed by atoms with E-state index in [-0.39, 0.29) is 31.0 Å². The zero-order valence-electron chi connectivity index (χ0n) is 8.78. The van der Waals surface area contributed by atoms with Crippen LogP contribution in [-0.4, -0.2) is 47.2 Å². The molecule has 0 aliphatic heterocycles. The van der Waals surface area contributed by atoms with Crippen LogP contribution in [0.15, 0.2) is 0 Å². The van der Waals surface area contributed by atoms with E-state index in [1.54, 1.807) is 0 Å². The maximum Gasteiger partial charge on any atom is 1.00 e. The fourth-order valence-electron chi connectivity index (χ4n) is 0.479. The van der Waals surface area contributed by atoms with Gasteiger partial charge in [0.1, 0.15) is 6.79 Å². The van der Waals surface area contributed by atoms with Gasteiger partial charge >= 0.3 is 41.5 Å². The molecule has 0 aromatic carbocycles. The molecular weight excluding hydrogens is 243 g/mol. The van der Waals surface area contributed by atoms with Crippen LogP contribution in [0.2, 0.25) is 0 Å². The Morgan fingerprint density at radius 1 is 1.27 bits per heavy atom. The SMILES string of the molecule is C=O.O=C(O)CC(C(=O)O)S(=O)(=O)O.[H-].[Na+]. The van der Waals surface area contributed by atoms with E-state index in [4.69, 9.17) is 19.6 Å². The molecule has 0 rings (SSSR count). The molecule has 0 saturated carbocycles. The number of hydrogen-bond acceptors (Lipinski definition) is 5. The summed E-state index contributed by atoms with van der Waals surface area (Å²) in [6.07, 6.45) is -1.16. The van der Waals surface area contributed by atoms with Gasteiger partial charge in [-0.25, -0.2) is 0 Å². The van der Waals surface area contributed by atoms with Crippen molar-refractivity contribution in [3.8, 4) is 0 Å². The largest absolute Gasteiger partial charge is 1.00 e. The predicted octanol–water partition coefficient (Wildman–Crippen LogP) is -4.27. The quantitative estimate of drug-likeness (QED) is 0.336. The number of aliphatic carboxylic acids is 2. The summed E-state index contributed by atoms with van der Waals surface area (Å²) in [7, 11) is -4.84. The van der Waals surface area contributed by atoms with Crippen LogP contribution in [0.4, 0.5) is 0 Å². The van der Waals surface area contributed by atoms with Gasteiger partial charge in [0.2, 0.25) is 0 Å². The molecule has 0 fully saturated rings. The summed E-state index contributed by atoms with van der Waals surface area (Å²) in [5.74, 6) is -3.50. The smallest absolute Gasteiger partial charge is 1.00 e. The van der Waals surface area contributed by atoms with Crippen LogP contribution in [0, 0.1) is 0 Å². The molecule has 8 nitrogen and oxygen atoms in total. The minimum atomic E-state index is -4.84. The molecule has 0 aromatic rings. The number of hydrogen-bond donors (Lipinski definition) is 3. The summed E-state index contributed by atoms with van der Waals surface area (Å²) >= 11 is 0. The molecule has 0 saturated heterocycles. The molecule has 0 heterocycles. The van der Waals surface area contributed by atoms with E-state index >= 15 is 0 Å². The molecule has 15 heavy (non-hydrogen) atoms. The fraction of sp³-hybridized carbons (Fsp3) is 0.400. The summed E-state index contributed by atoms with van der Waals surface area (Å²) in [6, 6.07) is 0. The van der Waals surface area contributed by atoms with Crippen LogP contribution in [0.1, 0.15) is 7.85 Å². The molecule has 1 atom stereocenters. The van der Waals surface area contributed by atoms with Gasteiger partial charge in [0, 0.05) is 0 Å². The van der Waals surface area contributed by atoms with Crippen molar-refractivity contribution >= 4 is 28.8 Å². The van der Waals surface area contributed by atoms with Crippen molar-refractivity contribution in [3.63, 3.8) is 0 Å². The van der Waals surface area contributed by atoms with Crippen molar-refractivity contribution in [2.24, 2.45) is 0 Å². The van der Waals surface area contributed by atoms with Crippen LogP contribution in [0.3, 0.4) is 0 Å². The molecular formula is C5H9NaO8S. The molecule has 0 amide bonds. The minimum absolute atomic E-state index is 0. The van der Waals surface area contributed by atoms with Crippen LogP contribution < -0.4 is 29.6 Å². The van der Waals surface area contributed by atoms with Crippen molar-refractivity contribution in [3.05, 3.63) is 0 Å². The Kier molecular flexibility index (Phi) is 11.7. The Labute approximate surface area is 109 Å². The molecule has 84 valence electrons. The zero-order chi connectivity index (χ0) is 11.9. The first-order valence-electron chi connectivity index (χ1n) is 2.95. The van der Waals surface area contributed by atoms with E-state index in [0.29, 0.717) is 0 Å². The van der Waals surface area contributed by atoms with Gasteiger partial charge in [-0.3, -0.25) is 14.1 Å². The van der Waals surface area contributed by atoms with Crippen molar-refractivity contribution in [2.75, 3.05) is 0 Å². The molecule has 0 aromatic heterocycles. The number of carboxylic acid groups (broad SMARTS) is 2. The normalized spacial score (nSPS) is 11.3. The monoisotopic (exact) mass is 252 g/mol. The zero-order valence-corrected chi connectivity index (χ0v) is 10.6. The Balaban J connectivity index is -0.000000169. The topological polar surface area (TPSA) is 146 Å². The fourth-order valence-corrected chi connectivity index (χ4v) is 1.09. The van der Waals surface area contributed by atoms with Gasteiger partial charge in [0.25, 0.3) is 10.1 Å². The van der Waals surface area contributed by atoms with E-state index in [1.807, 2.05) is 6.79 Å². The molecule has 0 spiro atoms. The maximum absolute atomic E-state index is 10.2. The average molecular weight is 252 g/mol. The summed E-state index contributed by atoms with van der Waals surface area (Å²) < 4.78 is 28.7. The third-order valence-corrected chi connectivity index (χ3v) is 2.08. The first-order valence-corrected chi connectivity index (χ1v) is 4.45. The van der Waals surface area contributed by atoms with Gasteiger partial charge in [-0.2, -0.15) is 8.42 Å². The summed E-state index contributed by atoms with van der Waals surface area (Å²) in [6.45, 7) is 2.00. The van der Waals surface area contributed by atoms with Crippen molar-refractivity contribution in [1.82, 2.24) is 0 Å². The standard InChI is InChI=1S/C4H6O7S.CH2O.Na.H/c5-3(6)1-2(4(7)8)12(9,10)11;1-2;;/h2H,1H2,(H,5,6)(H,7,8)(H,9,10,11);1H2;;/q;;+1;-1. The molecule has 0 aliphatic rings. The van der Waals surface area contributed by atoms with Crippen molar-refractivity contribution in [1.29, 1.82) is 0 Å². The average Bonchev–Trinajstić information content (AvgIpc) is 2.01. The third kappa shape index (κ3) is 9.82. The number of rotatable bonds is 4. The van der Waals surface area contributed by atoms with Gasteiger partial charge in [-0.05, 0) is 0 Å². The number of carbonyl (C=O) groups excluding carboxylic acids is 1. The van der Waals surface area contributed by atoms with Crippen LogP contribution in [-0.2, 0) is 24.5 Å². The Morgan fingerprint density at radius 2 is 1.60 bits per heavy atom. The second kappa shape index (κ2) is 8.80. The molecule has 0 radical (unpaired) electrons. The second-order valence-corrected chi connectivity index (χ2v) is 3.54. The predicted molar refractivity (Wildman–Crippen MR) is 43.5 cm³/mol. The Morgan fingerprint density at radius 3 is 1.67 bits per heavy atom. The van der Waals surface area contributed by atoms with Crippen LogP contribution >= 0.6 is 0 Å². The van der Waals surface area contributed by atoms with Crippen LogP contribution in [0.5, 0.6) is 0 Å². The minimum Gasteiger partial charge on any atom is -1.00 e. The van der Waals surface area contributed by atoms with Gasteiger partial charge in [0.05, 0.1) is 6.42 Å². The Bertz CT molecular complexity index is 314. The van der Waals surface area contributed by atoms with E-state index in [1.165, 1.54) is 0 Å². The second-order valence-electron chi connectivity index (χ2n) is 1.94. The van der Waals surface area contributed by atoms with Gasteiger partial charge < -0.3 is 16.4 Å². The molecule has 0 bridgehead atoms. The van der Waals surface area contributed by atoms with Gasteiger partial charge in [-0.1, -0.05) is 0 Å². The van der Waals surface area contributed by atoms with Crippen molar-refractivity contribution < 1.29 is 68.6 Å². The molecule has 0 aliphatic carbocycles. The molecule has 1 unspecified atom stereocenters. The maximum atomic E-state index is 10.2. The molecule has 3 N–H and O–H groups in total. The van der Waals surface area contributed by atoms with Crippen LogP contribution in [0.25, 0.3) is 0 Å². The first kappa shape index (κ1) is 20.0. The van der Waals surface area contributed by atoms with E-state index in [9.17, 15) is 18.0 Å². The summed E-state index contributed by atoms with van der Waals surface area (Å²) in [5, 5.41) is 13.9. The van der Waals surface area contributed by atoms with E-state index in [0.717, 1.165) is 0 Å². The van der Waals surface area contributed by atoms with E-state index < -0.39 is 33.7 Å². The van der Waals surface area contributed by atoms with Gasteiger partial charge in [0.15, 0.2) is 5.25 Å². The van der Waals surface area contributed by atoms with Crippen molar-refractivity contribution in [2.45, 2.75) is 11.7 Å². The third-order valence-electron chi connectivity index (χ3n) is 0.995. The number of carboxylic acids is 2. The van der Waals surface area contributed by atoms with E-state index in [2.05, 4.69) is 0 Å². The number of carbonyl (C=O) groups is 3. The first-order chi connectivity index (χ1) is 6.25. The molecule has 10 heteroatoms. The summed E-state index contributed by atoms with van der Waals surface area (Å²) in [5.41, 5.74) is 0.